The molecule has 5 N–H and O–H groups in total. The van der Waals surface area contributed by atoms with Crippen molar-refractivity contribution in [3.63, 3.8) is 0 Å². The summed E-state index contributed by atoms with van der Waals surface area (Å²) >= 11 is 0. The summed E-state index contributed by atoms with van der Waals surface area (Å²) in [4.78, 5) is 41.8. The van der Waals surface area contributed by atoms with Crippen LogP contribution in [0.5, 0.6) is 5.75 Å². The number of rotatable bonds is 5. The van der Waals surface area contributed by atoms with Crippen LogP contribution in [-0.2, 0) is 4.79 Å². The van der Waals surface area contributed by atoms with Crippen LogP contribution in [0.2, 0.25) is 0 Å². The molecule has 0 radical (unpaired) electrons. The van der Waals surface area contributed by atoms with E-state index in [1.807, 2.05) is 13.8 Å². The van der Waals surface area contributed by atoms with Crippen LogP contribution in [0, 0.1) is 0 Å². The van der Waals surface area contributed by atoms with Crippen LogP contribution in [0.15, 0.2) is 24.3 Å². The lowest BCUT2D eigenvalue weighted by molar-refractivity contribution is -0.128. The molecule has 1 saturated carbocycles. The molecule has 0 spiro atoms. The lowest BCUT2D eigenvalue weighted by Gasteiger charge is -2.33. The number of amides is 5. The molecule has 1 atom stereocenters. The second-order valence-corrected chi connectivity index (χ2v) is 8.64. The summed E-state index contributed by atoms with van der Waals surface area (Å²) in [5, 5.41) is 8.65. The quantitative estimate of drug-likeness (QED) is 0.547. The predicted molar refractivity (Wildman–Crippen MR) is 121 cm³/mol. The fraction of sp³-hybridized carbons (Fsp3) is 0.591. The van der Waals surface area contributed by atoms with Gasteiger partial charge >= 0.3 is 12.1 Å². The molecule has 2 aliphatic rings. The molecule has 1 unspecified atom stereocenters. The Morgan fingerprint density at radius 3 is 2.16 bits per heavy atom. The zero-order valence-electron chi connectivity index (χ0n) is 19.0. The number of carbonyl (C=O) groups is 3. The highest BCUT2D eigenvalue weighted by atomic mass is 16.5. The van der Waals surface area contributed by atoms with Crippen molar-refractivity contribution >= 4 is 23.7 Å². The average molecular weight is 447 g/mol. The molecule has 1 aliphatic heterocycles. The number of hydrogen-bond donors (Lipinski definition) is 4. The molecule has 10 heteroatoms. The minimum Gasteiger partial charge on any atom is -0.497 e. The maximum Gasteiger partial charge on any atom is 0.323 e. The van der Waals surface area contributed by atoms with Crippen LogP contribution < -0.4 is 26.4 Å². The number of anilines is 1. The number of nitrogens with zero attached hydrogens (tertiary/aromatic N) is 2. The summed E-state index contributed by atoms with van der Waals surface area (Å²) in [5.74, 6) is 0.317. The van der Waals surface area contributed by atoms with E-state index in [1.54, 1.807) is 31.4 Å². The van der Waals surface area contributed by atoms with E-state index in [-0.39, 0.29) is 43.2 Å². The lowest BCUT2D eigenvalue weighted by Crippen LogP contribution is -2.58. The van der Waals surface area contributed by atoms with Gasteiger partial charge in [-0.3, -0.25) is 14.6 Å². The van der Waals surface area contributed by atoms with Gasteiger partial charge in [-0.1, -0.05) is 0 Å². The summed E-state index contributed by atoms with van der Waals surface area (Å²) in [6, 6.07) is 6.16. The Kier molecular flexibility index (Phi) is 7.79. The summed E-state index contributed by atoms with van der Waals surface area (Å²) < 4.78 is 5.14. The van der Waals surface area contributed by atoms with E-state index < -0.39 is 12.2 Å². The van der Waals surface area contributed by atoms with Gasteiger partial charge in [0.05, 0.1) is 7.11 Å². The van der Waals surface area contributed by atoms with E-state index in [0.29, 0.717) is 11.4 Å². The average Bonchev–Trinajstić information content (AvgIpc) is 3.21. The first-order chi connectivity index (χ1) is 15.3. The van der Waals surface area contributed by atoms with Crippen LogP contribution >= 0.6 is 0 Å². The molecule has 5 amide bonds. The zero-order valence-corrected chi connectivity index (χ0v) is 19.0. The Hall–Kier alpha value is -3.01. The van der Waals surface area contributed by atoms with Crippen LogP contribution in [0.4, 0.5) is 15.3 Å². The summed E-state index contributed by atoms with van der Waals surface area (Å²) in [7, 11) is 1.57. The molecule has 1 aliphatic carbocycles. The minimum absolute atomic E-state index is 0.00981. The number of methoxy groups -OCH3 is 1. The summed E-state index contributed by atoms with van der Waals surface area (Å²) in [6.07, 6.45) is 2.23. The molecular weight excluding hydrogens is 412 g/mol. The molecule has 0 aromatic heterocycles. The van der Waals surface area contributed by atoms with Gasteiger partial charge in [0.25, 0.3) is 5.91 Å². The first-order valence-corrected chi connectivity index (χ1v) is 11.1. The summed E-state index contributed by atoms with van der Waals surface area (Å²) in [5.41, 5.74) is 6.54. The normalized spacial score (nSPS) is 23.1. The van der Waals surface area contributed by atoms with E-state index in [0.717, 1.165) is 25.7 Å². The van der Waals surface area contributed by atoms with Crippen LogP contribution in [0.3, 0.4) is 0 Å². The van der Waals surface area contributed by atoms with Crippen molar-refractivity contribution < 1.29 is 19.1 Å². The Morgan fingerprint density at radius 1 is 1.00 bits per heavy atom. The summed E-state index contributed by atoms with van der Waals surface area (Å²) in [6.45, 7) is 4.22. The third-order valence-electron chi connectivity index (χ3n) is 5.80. The van der Waals surface area contributed by atoms with Crippen molar-refractivity contribution in [1.82, 2.24) is 20.4 Å². The molecule has 0 bridgehead atoms. The second kappa shape index (κ2) is 10.5. The monoisotopic (exact) mass is 446 g/mol. The van der Waals surface area contributed by atoms with Gasteiger partial charge in [-0.15, -0.1) is 0 Å². The molecule has 1 aromatic carbocycles. The maximum atomic E-state index is 13.2. The van der Waals surface area contributed by atoms with Gasteiger partial charge in [-0.2, -0.15) is 0 Å². The SMILES string of the molecule is COc1ccc(NC(=O)N2CCN(C(=O)NC(C)C)C2C(=O)NC2CCC(N)CC2)cc1. The Labute approximate surface area is 188 Å². The molecule has 32 heavy (non-hydrogen) atoms. The topological polar surface area (TPSA) is 129 Å². The Balaban J connectivity index is 1.73. The number of hydrogen-bond acceptors (Lipinski definition) is 5. The number of carbonyl (C=O) groups excluding carboxylic acids is 3. The largest absolute Gasteiger partial charge is 0.497 e. The molecule has 176 valence electrons. The van der Waals surface area contributed by atoms with Gasteiger partial charge in [0.1, 0.15) is 5.75 Å². The fourth-order valence-electron chi connectivity index (χ4n) is 4.08. The molecule has 1 saturated heterocycles. The molecule has 10 nitrogen and oxygen atoms in total. The number of nitrogens with one attached hydrogen (secondary N) is 3. The van der Waals surface area contributed by atoms with E-state index in [2.05, 4.69) is 16.0 Å². The first kappa shape index (κ1) is 23.6. The van der Waals surface area contributed by atoms with Crippen molar-refractivity contribution in [1.29, 1.82) is 0 Å². The Morgan fingerprint density at radius 2 is 1.59 bits per heavy atom. The van der Waals surface area contributed by atoms with Gasteiger partial charge < -0.3 is 26.4 Å². The number of urea groups is 2. The van der Waals surface area contributed by atoms with Crippen LogP contribution in [-0.4, -0.2) is 72.3 Å². The molecule has 3 rings (SSSR count). The predicted octanol–water partition coefficient (Wildman–Crippen LogP) is 1.67. The van der Waals surface area contributed by atoms with E-state index in [4.69, 9.17) is 10.5 Å². The molecule has 1 aromatic rings. The van der Waals surface area contributed by atoms with E-state index in [1.165, 1.54) is 9.80 Å². The van der Waals surface area contributed by atoms with Crippen molar-refractivity contribution in [3.8, 4) is 5.75 Å². The highest BCUT2D eigenvalue weighted by molar-refractivity contribution is 5.96. The van der Waals surface area contributed by atoms with Gasteiger partial charge in [-0.25, -0.2) is 9.59 Å². The maximum absolute atomic E-state index is 13.2. The number of ether oxygens (including phenoxy) is 1. The van der Waals surface area contributed by atoms with Gasteiger partial charge in [0.15, 0.2) is 6.17 Å². The van der Waals surface area contributed by atoms with Crippen LogP contribution in [0.25, 0.3) is 0 Å². The van der Waals surface area contributed by atoms with Gasteiger partial charge in [0, 0.05) is 36.9 Å². The molecule has 2 fully saturated rings. The molecular formula is C22H34N6O4. The standard InChI is InChI=1S/C22H34N6O4/c1-14(2)24-21(30)27-12-13-28(22(31)26-17-8-10-18(32-3)11-9-17)20(27)19(29)25-16-6-4-15(23)5-7-16/h8-11,14-16,20H,4-7,12-13,23H2,1-3H3,(H,24,30)(H,25,29)(H,26,31). The Bertz CT molecular complexity index is 807. The lowest BCUT2D eigenvalue weighted by atomic mass is 9.92. The first-order valence-electron chi connectivity index (χ1n) is 11.1. The van der Waals surface area contributed by atoms with Gasteiger partial charge in [-0.05, 0) is 63.8 Å². The molecule has 1 heterocycles. The third-order valence-corrected chi connectivity index (χ3v) is 5.80. The minimum atomic E-state index is -1.03. The van der Waals surface area contributed by atoms with Crippen molar-refractivity contribution in [2.75, 3.05) is 25.5 Å². The number of benzene rings is 1. The van der Waals surface area contributed by atoms with Crippen LogP contribution in [0.1, 0.15) is 39.5 Å². The van der Waals surface area contributed by atoms with Crippen molar-refractivity contribution in [3.05, 3.63) is 24.3 Å². The number of nitrogens with two attached hydrogens (primary N) is 1. The van der Waals surface area contributed by atoms with E-state index >= 15 is 0 Å². The van der Waals surface area contributed by atoms with Crippen molar-refractivity contribution in [2.45, 2.75) is 63.8 Å². The van der Waals surface area contributed by atoms with E-state index in [9.17, 15) is 14.4 Å². The zero-order chi connectivity index (χ0) is 23.3. The second-order valence-electron chi connectivity index (χ2n) is 8.64. The third kappa shape index (κ3) is 5.82. The highest BCUT2D eigenvalue weighted by Gasteiger charge is 2.43. The highest BCUT2D eigenvalue weighted by Crippen LogP contribution is 2.22. The smallest absolute Gasteiger partial charge is 0.323 e. The van der Waals surface area contributed by atoms with Gasteiger partial charge in [0.2, 0.25) is 0 Å². The van der Waals surface area contributed by atoms with Crippen molar-refractivity contribution in [2.24, 2.45) is 5.73 Å². The fourth-order valence-corrected chi connectivity index (χ4v) is 4.08.